The van der Waals surface area contributed by atoms with E-state index < -0.39 is 4.87 Å². The Morgan fingerprint density at radius 3 is 2.50 bits per heavy atom. The van der Waals surface area contributed by atoms with Crippen LogP contribution < -0.4 is 14.8 Å². The van der Waals surface area contributed by atoms with Crippen molar-refractivity contribution in [1.29, 1.82) is 5.26 Å². The number of ether oxygens (including phenoxy) is 3. The maximum atomic E-state index is 12.6. The van der Waals surface area contributed by atoms with Crippen molar-refractivity contribution in [2.24, 2.45) is 5.92 Å². The normalized spacial score (nSPS) is 25.8. The predicted molar refractivity (Wildman–Crippen MR) is 132 cm³/mol. The average molecular weight is 493 g/mol. The third-order valence-electron chi connectivity index (χ3n) is 5.98. The molecule has 0 saturated carbocycles. The number of carbonyl (C=O) groups is 2. The number of likely N-dealkylation sites (N-methyl/N-ethyl adjacent to an activating group) is 3. The number of aldehydes is 1. The Labute approximate surface area is 206 Å². The smallest absolute Gasteiger partial charge is 0.250 e. The number of morpholine rings is 1. The Morgan fingerprint density at radius 1 is 1.26 bits per heavy atom. The third kappa shape index (κ3) is 6.21. The van der Waals surface area contributed by atoms with Crippen LogP contribution in [0.25, 0.3) is 0 Å². The summed E-state index contributed by atoms with van der Waals surface area (Å²) in [6.07, 6.45) is 1.12. The largest absolute Gasteiger partial charge is 0.454 e. The molecule has 3 heterocycles. The molecule has 0 radical (unpaired) electrons. The van der Waals surface area contributed by atoms with Gasteiger partial charge in [0.15, 0.2) is 11.5 Å². The van der Waals surface area contributed by atoms with E-state index in [1.54, 1.807) is 7.05 Å². The van der Waals surface area contributed by atoms with Crippen molar-refractivity contribution in [2.75, 3.05) is 60.0 Å². The maximum Gasteiger partial charge on any atom is 0.250 e. The summed E-state index contributed by atoms with van der Waals surface area (Å²) in [5.74, 6) is 0.905. The number of nitriles is 1. The van der Waals surface area contributed by atoms with Crippen LogP contribution in [0.1, 0.15) is 31.9 Å². The Bertz CT molecular complexity index is 858. The summed E-state index contributed by atoms with van der Waals surface area (Å²) in [6, 6.07) is 7.61. The molecule has 0 aromatic heterocycles. The van der Waals surface area contributed by atoms with Gasteiger partial charge in [0.1, 0.15) is 11.2 Å². The summed E-state index contributed by atoms with van der Waals surface area (Å²) in [6.45, 7) is 8.20. The van der Waals surface area contributed by atoms with Gasteiger partial charge in [-0.3, -0.25) is 9.69 Å². The Morgan fingerprint density at radius 2 is 1.94 bits per heavy atom. The first kappa shape index (κ1) is 27.9. The van der Waals surface area contributed by atoms with E-state index in [2.05, 4.69) is 23.3 Å². The van der Waals surface area contributed by atoms with Crippen LogP contribution in [0.5, 0.6) is 11.5 Å². The Kier molecular flexibility index (Phi) is 11.1. The van der Waals surface area contributed by atoms with Gasteiger partial charge in [-0.15, -0.1) is 11.8 Å². The molecule has 1 amide bonds. The van der Waals surface area contributed by atoms with E-state index in [0.717, 1.165) is 38.2 Å². The minimum atomic E-state index is -0.961. The van der Waals surface area contributed by atoms with E-state index in [9.17, 15) is 14.9 Å². The fourth-order valence-electron chi connectivity index (χ4n) is 4.22. The first-order chi connectivity index (χ1) is 16.5. The van der Waals surface area contributed by atoms with Gasteiger partial charge >= 0.3 is 0 Å². The highest BCUT2D eigenvalue weighted by Gasteiger charge is 2.55. The minimum Gasteiger partial charge on any atom is -0.454 e. The number of nitrogens with one attached hydrogen (secondary N) is 1. The predicted octanol–water partition coefficient (Wildman–Crippen LogP) is 2.28. The molecule has 0 aliphatic carbocycles. The second kappa shape index (κ2) is 13.5. The summed E-state index contributed by atoms with van der Waals surface area (Å²) in [7, 11) is 5.50. The lowest BCUT2D eigenvalue weighted by molar-refractivity contribution is -0.126. The summed E-state index contributed by atoms with van der Waals surface area (Å²) < 4.78 is 15.9. The van der Waals surface area contributed by atoms with Crippen molar-refractivity contribution in [1.82, 2.24) is 15.1 Å². The number of benzene rings is 1. The summed E-state index contributed by atoms with van der Waals surface area (Å²) in [5, 5.41) is 12.4. The molecule has 188 valence electrons. The molecule has 1 aromatic carbocycles. The highest BCUT2D eigenvalue weighted by atomic mass is 32.2. The number of hydrogen-bond donors (Lipinski definition) is 1. The number of carbonyl (C=O) groups excluding carboxylic acids is 2. The molecular weight excluding hydrogens is 456 g/mol. The Balaban J connectivity index is 0.000000384. The number of nitrogens with zero attached hydrogens (tertiary/aromatic N) is 3. The molecule has 3 aliphatic rings. The molecule has 0 spiro atoms. The van der Waals surface area contributed by atoms with E-state index in [4.69, 9.17) is 14.2 Å². The topological polar surface area (TPSA) is 104 Å². The first-order valence-electron chi connectivity index (χ1n) is 11.5. The van der Waals surface area contributed by atoms with Crippen LogP contribution in [-0.4, -0.2) is 86.9 Å². The van der Waals surface area contributed by atoms with E-state index in [0.29, 0.717) is 17.9 Å². The molecule has 10 heteroatoms. The third-order valence-corrected chi connectivity index (χ3v) is 7.40. The van der Waals surface area contributed by atoms with Crippen LogP contribution in [0.4, 0.5) is 0 Å². The van der Waals surface area contributed by atoms with Gasteiger partial charge in [-0.1, -0.05) is 19.9 Å². The van der Waals surface area contributed by atoms with Crippen molar-refractivity contribution in [2.45, 2.75) is 31.2 Å². The van der Waals surface area contributed by atoms with Crippen molar-refractivity contribution in [3.05, 3.63) is 23.8 Å². The van der Waals surface area contributed by atoms with Gasteiger partial charge in [-0.05, 0) is 31.8 Å². The highest BCUT2D eigenvalue weighted by Crippen LogP contribution is 2.51. The number of rotatable bonds is 5. The van der Waals surface area contributed by atoms with Crippen LogP contribution in [0.3, 0.4) is 0 Å². The molecule has 2 fully saturated rings. The SMILES string of the molecule is CC.CN1CCOCC1.CNC(=O)C1(SCC=O)CC(C#N)C(c2ccc3c(c2)OCO3)N1C. The van der Waals surface area contributed by atoms with Crippen molar-refractivity contribution in [3.8, 4) is 17.6 Å². The van der Waals surface area contributed by atoms with Crippen LogP contribution in [0, 0.1) is 17.2 Å². The van der Waals surface area contributed by atoms with Crippen LogP contribution in [-0.2, 0) is 14.3 Å². The average Bonchev–Trinajstić information content (AvgIpc) is 3.46. The molecule has 3 atom stereocenters. The number of amides is 1. The summed E-state index contributed by atoms with van der Waals surface area (Å²) >= 11 is 1.25. The van der Waals surface area contributed by atoms with Gasteiger partial charge in [0, 0.05) is 26.6 Å². The van der Waals surface area contributed by atoms with Crippen molar-refractivity contribution < 1.29 is 23.8 Å². The van der Waals surface area contributed by atoms with Gasteiger partial charge < -0.3 is 29.2 Å². The monoisotopic (exact) mass is 492 g/mol. The molecule has 1 N–H and O–H groups in total. The number of likely N-dealkylation sites (tertiary alicyclic amines) is 1. The van der Waals surface area contributed by atoms with E-state index in [-0.39, 0.29) is 30.4 Å². The van der Waals surface area contributed by atoms with Gasteiger partial charge in [-0.2, -0.15) is 5.26 Å². The van der Waals surface area contributed by atoms with Gasteiger partial charge in [0.05, 0.1) is 37.0 Å². The fourth-order valence-corrected chi connectivity index (χ4v) is 5.41. The molecule has 3 unspecified atom stereocenters. The number of hydrogen-bond acceptors (Lipinski definition) is 9. The highest BCUT2D eigenvalue weighted by molar-refractivity contribution is 8.01. The minimum absolute atomic E-state index is 0.179. The van der Waals surface area contributed by atoms with Gasteiger partial charge in [0.2, 0.25) is 6.79 Å². The maximum absolute atomic E-state index is 12.6. The van der Waals surface area contributed by atoms with Crippen molar-refractivity contribution in [3.63, 3.8) is 0 Å². The molecule has 9 nitrogen and oxygen atoms in total. The van der Waals surface area contributed by atoms with Crippen LogP contribution >= 0.6 is 11.8 Å². The zero-order valence-electron chi connectivity index (χ0n) is 20.7. The molecule has 3 aliphatic heterocycles. The van der Waals surface area contributed by atoms with Crippen LogP contribution in [0.15, 0.2) is 18.2 Å². The molecule has 1 aromatic rings. The lowest BCUT2D eigenvalue weighted by Crippen LogP contribution is -2.51. The lowest BCUT2D eigenvalue weighted by Gasteiger charge is -2.35. The molecular formula is C24H36N4O5S. The van der Waals surface area contributed by atoms with Crippen molar-refractivity contribution >= 4 is 24.0 Å². The fraction of sp³-hybridized carbons (Fsp3) is 0.625. The zero-order valence-corrected chi connectivity index (χ0v) is 21.5. The Hall–Kier alpha value is -2.32. The first-order valence-corrected chi connectivity index (χ1v) is 12.5. The summed E-state index contributed by atoms with van der Waals surface area (Å²) in [5.41, 5.74) is 0.885. The standard InChI is InChI=1S/C17H19N3O4S.C5H11NO.C2H6/c1-19-16(22)17(25-6-5-21)8-12(9-18)15(20(17)2)11-3-4-13-14(7-11)24-10-23-13;1-6-2-4-7-5-3-6;1-2/h3-5,7,12,15H,6,8,10H2,1-2H3,(H,19,22);2-5H2,1H3;1-2H3. The number of fused-ring (bicyclic) bond motifs is 1. The quantitative estimate of drug-likeness (QED) is 0.620. The summed E-state index contributed by atoms with van der Waals surface area (Å²) in [4.78, 5) is 26.7. The molecule has 34 heavy (non-hydrogen) atoms. The second-order valence-corrected chi connectivity index (χ2v) is 9.16. The molecule has 0 bridgehead atoms. The lowest BCUT2D eigenvalue weighted by atomic mass is 9.94. The zero-order chi connectivity index (χ0) is 25.1. The number of thioether (sulfide) groups is 1. The molecule has 4 rings (SSSR count). The van der Waals surface area contributed by atoms with Gasteiger partial charge in [-0.25, -0.2) is 0 Å². The van der Waals surface area contributed by atoms with Gasteiger partial charge in [0.25, 0.3) is 5.91 Å². The second-order valence-electron chi connectivity index (χ2n) is 7.86. The van der Waals surface area contributed by atoms with E-state index in [1.165, 1.54) is 11.8 Å². The van der Waals surface area contributed by atoms with Crippen LogP contribution in [0.2, 0.25) is 0 Å². The van der Waals surface area contributed by atoms with E-state index in [1.807, 2.05) is 44.0 Å². The van der Waals surface area contributed by atoms with E-state index >= 15 is 0 Å². The molecule has 2 saturated heterocycles.